The van der Waals surface area contributed by atoms with Gasteiger partial charge in [0.15, 0.2) is 0 Å². The standard InChI is InChI=1S/C10H9BrFNO4/c11-6-2-1-3-7(12)10(6)13-8(14)4-17-5-9(15)16/h1-3H,4-5H2,(H,13,14)(H,15,16). The quantitative estimate of drug-likeness (QED) is 0.867. The van der Waals surface area contributed by atoms with E-state index in [0.717, 1.165) is 0 Å². The lowest BCUT2D eigenvalue weighted by molar-refractivity contribution is -0.143. The van der Waals surface area contributed by atoms with E-state index >= 15 is 0 Å². The van der Waals surface area contributed by atoms with Crippen molar-refractivity contribution in [1.82, 2.24) is 0 Å². The average Bonchev–Trinajstić information content (AvgIpc) is 2.23. The van der Waals surface area contributed by atoms with Crippen LogP contribution < -0.4 is 5.32 Å². The Bertz CT molecular complexity index is 418. The second-order valence-corrected chi connectivity index (χ2v) is 3.89. The summed E-state index contributed by atoms with van der Waals surface area (Å²) in [5.74, 6) is -2.40. The zero-order valence-electron chi connectivity index (χ0n) is 8.57. The van der Waals surface area contributed by atoms with Crippen LogP contribution in [0.2, 0.25) is 0 Å². The van der Waals surface area contributed by atoms with Crippen molar-refractivity contribution >= 4 is 33.5 Å². The van der Waals surface area contributed by atoms with Gasteiger partial charge >= 0.3 is 5.97 Å². The predicted octanol–water partition coefficient (Wildman–Crippen LogP) is 1.63. The van der Waals surface area contributed by atoms with Gasteiger partial charge in [0, 0.05) is 4.47 Å². The number of carboxylic acids is 1. The summed E-state index contributed by atoms with van der Waals surface area (Å²) < 4.78 is 18.2. The monoisotopic (exact) mass is 305 g/mol. The molecular weight excluding hydrogens is 297 g/mol. The molecule has 0 saturated heterocycles. The fourth-order valence-corrected chi connectivity index (χ4v) is 1.46. The molecule has 0 aliphatic rings. The maximum Gasteiger partial charge on any atom is 0.329 e. The summed E-state index contributed by atoms with van der Waals surface area (Å²) in [4.78, 5) is 21.4. The molecule has 0 aliphatic carbocycles. The Morgan fingerprint density at radius 2 is 2.12 bits per heavy atom. The molecule has 7 heteroatoms. The molecule has 0 spiro atoms. The fourth-order valence-electron chi connectivity index (χ4n) is 1.02. The lowest BCUT2D eigenvalue weighted by Crippen LogP contribution is -2.21. The number of aliphatic carboxylic acids is 1. The topological polar surface area (TPSA) is 75.6 Å². The van der Waals surface area contributed by atoms with Crippen LogP contribution in [0.1, 0.15) is 0 Å². The molecule has 1 aromatic rings. The second-order valence-electron chi connectivity index (χ2n) is 3.03. The number of para-hydroxylation sites is 1. The van der Waals surface area contributed by atoms with Gasteiger partial charge < -0.3 is 15.2 Å². The first-order chi connectivity index (χ1) is 8.00. The van der Waals surface area contributed by atoms with Gasteiger partial charge in [-0.05, 0) is 28.1 Å². The van der Waals surface area contributed by atoms with E-state index in [1.807, 2.05) is 0 Å². The van der Waals surface area contributed by atoms with Crippen LogP contribution in [-0.2, 0) is 14.3 Å². The van der Waals surface area contributed by atoms with Crippen LogP contribution in [0, 0.1) is 5.82 Å². The Morgan fingerprint density at radius 1 is 1.41 bits per heavy atom. The van der Waals surface area contributed by atoms with Crippen LogP contribution in [-0.4, -0.2) is 30.2 Å². The molecule has 0 unspecified atom stereocenters. The van der Waals surface area contributed by atoms with E-state index in [0.29, 0.717) is 4.47 Å². The van der Waals surface area contributed by atoms with Crippen molar-refractivity contribution < 1.29 is 23.8 Å². The Labute approximate surface area is 105 Å². The number of amides is 1. The van der Waals surface area contributed by atoms with Gasteiger partial charge in [0.25, 0.3) is 0 Å². The molecule has 0 heterocycles. The van der Waals surface area contributed by atoms with Gasteiger partial charge in [0.05, 0.1) is 5.69 Å². The Hall–Kier alpha value is -1.47. The first-order valence-corrected chi connectivity index (χ1v) is 5.33. The van der Waals surface area contributed by atoms with Crippen molar-refractivity contribution in [3.05, 3.63) is 28.5 Å². The number of rotatable bonds is 5. The van der Waals surface area contributed by atoms with Crippen molar-refractivity contribution in [2.45, 2.75) is 0 Å². The molecule has 0 radical (unpaired) electrons. The number of carbonyl (C=O) groups excluding carboxylic acids is 1. The minimum absolute atomic E-state index is 0.00331. The zero-order chi connectivity index (χ0) is 12.8. The van der Waals surface area contributed by atoms with E-state index in [9.17, 15) is 14.0 Å². The molecule has 0 bridgehead atoms. The number of carbonyl (C=O) groups is 2. The third kappa shape index (κ3) is 4.49. The van der Waals surface area contributed by atoms with Gasteiger partial charge in [0.1, 0.15) is 19.0 Å². The van der Waals surface area contributed by atoms with Gasteiger partial charge in [-0.3, -0.25) is 4.79 Å². The largest absolute Gasteiger partial charge is 0.480 e. The van der Waals surface area contributed by atoms with Crippen LogP contribution in [0.3, 0.4) is 0 Å². The molecule has 1 aromatic carbocycles. The molecule has 1 amide bonds. The molecular formula is C10H9BrFNO4. The smallest absolute Gasteiger partial charge is 0.329 e. The van der Waals surface area contributed by atoms with Crippen LogP contribution in [0.5, 0.6) is 0 Å². The van der Waals surface area contributed by atoms with Gasteiger partial charge in [-0.15, -0.1) is 0 Å². The van der Waals surface area contributed by atoms with E-state index in [-0.39, 0.29) is 5.69 Å². The van der Waals surface area contributed by atoms with Crippen LogP contribution in [0.15, 0.2) is 22.7 Å². The summed E-state index contributed by atoms with van der Waals surface area (Å²) in [5, 5.41) is 10.6. The lowest BCUT2D eigenvalue weighted by Gasteiger charge is -2.08. The number of hydrogen-bond donors (Lipinski definition) is 2. The summed E-state index contributed by atoms with van der Waals surface area (Å²) in [6.45, 7) is -1.03. The SMILES string of the molecule is O=C(O)COCC(=O)Nc1c(F)cccc1Br. The highest BCUT2D eigenvalue weighted by Gasteiger charge is 2.10. The normalized spacial score (nSPS) is 10.0. The molecule has 5 nitrogen and oxygen atoms in total. The van der Waals surface area contributed by atoms with Crippen LogP contribution >= 0.6 is 15.9 Å². The first kappa shape index (κ1) is 13.6. The van der Waals surface area contributed by atoms with Gasteiger partial charge in [-0.25, -0.2) is 9.18 Å². The summed E-state index contributed by atoms with van der Waals surface area (Å²) in [6.07, 6.45) is 0. The van der Waals surface area contributed by atoms with Crippen molar-refractivity contribution in [3.63, 3.8) is 0 Å². The van der Waals surface area contributed by atoms with Gasteiger partial charge in [-0.1, -0.05) is 6.07 Å². The number of carboxylic acid groups (broad SMARTS) is 1. The molecule has 0 fully saturated rings. The summed E-state index contributed by atoms with van der Waals surface area (Å²) in [7, 11) is 0. The number of anilines is 1. The van der Waals surface area contributed by atoms with E-state index in [1.54, 1.807) is 6.07 Å². The van der Waals surface area contributed by atoms with E-state index in [2.05, 4.69) is 26.0 Å². The third-order valence-corrected chi connectivity index (χ3v) is 2.35. The van der Waals surface area contributed by atoms with E-state index in [4.69, 9.17) is 5.11 Å². The number of hydrogen-bond acceptors (Lipinski definition) is 3. The molecule has 0 aromatic heterocycles. The van der Waals surface area contributed by atoms with Crippen molar-refractivity contribution in [3.8, 4) is 0 Å². The molecule has 17 heavy (non-hydrogen) atoms. The average molecular weight is 306 g/mol. The minimum Gasteiger partial charge on any atom is -0.480 e. The van der Waals surface area contributed by atoms with E-state index in [1.165, 1.54) is 12.1 Å². The Balaban J connectivity index is 2.53. The lowest BCUT2D eigenvalue weighted by atomic mass is 10.3. The minimum atomic E-state index is -1.18. The maximum absolute atomic E-state index is 13.3. The molecule has 0 aliphatic heterocycles. The highest BCUT2D eigenvalue weighted by Crippen LogP contribution is 2.24. The van der Waals surface area contributed by atoms with Crippen molar-refractivity contribution in [2.75, 3.05) is 18.5 Å². The molecule has 2 N–H and O–H groups in total. The number of nitrogens with one attached hydrogen (secondary N) is 1. The summed E-state index contributed by atoms with van der Waals surface area (Å²) >= 11 is 3.08. The Morgan fingerprint density at radius 3 is 2.71 bits per heavy atom. The van der Waals surface area contributed by atoms with Gasteiger partial charge in [-0.2, -0.15) is 0 Å². The molecule has 1 rings (SSSR count). The molecule has 92 valence electrons. The third-order valence-electron chi connectivity index (χ3n) is 1.69. The number of halogens is 2. The predicted molar refractivity (Wildman–Crippen MR) is 61.2 cm³/mol. The zero-order valence-corrected chi connectivity index (χ0v) is 10.2. The van der Waals surface area contributed by atoms with Crippen LogP contribution in [0.4, 0.5) is 10.1 Å². The van der Waals surface area contributed by atoms with Crippen molar-refractivity contribution in [2.24, 2.45) is 0 Å². The fraction of sp³-hybridized carbons (Fsp3) is 0.200. The van der Waals surface area contributed by atoms with Crippen LogP contribution in [0.25, 0.3) is 0 Å². The Kier molecular flexibility index (Phi) is 5.05. The second kappa shape index (κ2) is 6.31. The number of benzene rings is 1. The summed E-state index contributed by atoms with van der Waals surface area (Å²) in [5.41, 5.74) is -0.00331. The van der Waals surface area contributed by atoms with Gasteiger partial charge in [0.2, 0.25) is 5.91 Å². The number of ether oxygens (including phenoxy) is 1. The van der Waals surface area contributed by atoms with E-state index < -0.39 is 30.9 Å². The molecule has 0 atom stereocenters. The highest BCUT2D eigenvalue weighted by atomic mass is 79.9. The molecule has 0 saturated carbocycles. The maximum atomic E-state index is 13.3. The van der Waals surface area contributed by atoms with Crippen molar-refractivity contribution in [1.29, 1.82) is 0 Å². The first-order valence-electron chi connectivity index (χ1n) is 4.54. The summed E-state index contributed by atoms with van der Waals surface area (Å²) in [6, 6.07) is 4.24. The highest BCUT2D eigenvalue weighted by molar-refractivity contribution is 9.10.